The van der Waals surface area contributed by atoms with E-state index >= 15 is 4.39 Å². The minimum Gasteiger partial charge on any atom is -0.494 e. The van der Waals surface area contributed by atoms with Crippen LogP contribution >= 0.6 is 0 Å². The standard InChI is InChI=1S/C28H30FN3O2/c1-4-33-24-15-26(28(29)27(16-24)34-19(2)3)32(23-13-9-20(17-30)10-14-23)18-22-12-11-21-7-5-6-8-25(21)31-22/h9-16,19H,4-8,18H2,1-3H3. The highest BCUT2D eigenvalue weighted by Crippen LogP contribution is 2.38. The van der Waals surface area contributed by atoms with E-state index in [0.717, 1.165) is 36.3 Å². The molecule has 0 N–H and O–H groups in total. The van der Waals surface area contributed by atoms with Crippen LogP contribution in [0.25, 0.3) is 0 Å². The number of aromatic nitrogens is 1. The van der Waals surface area contributed by atoms with Gasteiger partial charge in [0.1, 0.15) is 5.75 Å². The molecule has 0 saturated carbocycles. The van der Waals surface area contributed by atoms with E-state index in [2.05, 4.69) is 12.1 Å². The van der Waals surface area contributed by atoms with Crippen molar-refractivity contribution in [2.24, 2.45) is 0 Å². The number of nitriles is 1. The van der Waals surface area contributed by atoms with Gasteiger partial charge in [0, 0.05) is 23.5 Å². The van der Waals surface area contributed by atoms with Crippen molar-refractivity contribution in [2.45, 2.75) is 59.1 Å². The molecule has 0 aliphatic heterocycles. The van der Waals surface area contributed by atoms with Gasteiger partial charge in [-0.25, -0.2) is 4.39 Å². The van der Waals surface area contributed by atoms with Crippen molar-refractivity contribution in [3.05, 3.63) is 76.9 Å². The van der Waals surface area contributed by atoms with Crippen LogP contribution in [-0.2, 0) is 19.4 Å². The Labute approximate surface area is 200 Å². The van der Waals surface area contributed by atoms with Crippen LogP contribution in [0.2, 0.25) is 0 Å². The van der Waals surface area contributed by atoms with Gasteiger partial charge in [0.2, 0.25) is 0 Å². The Morgan fingerprint density at radius 2 is 1.85 bits per heavy atom. The van der Waals surface area contributed by atoms with Gasteiger partial charge >= 0.3 is 0 Å². The van der Waals surface area contributed by atoms with Gasteiger partial charge in [-0.1, -0.05) is 6.07 Å². The van der Waals surface area contributed by atoms with Gasteiger partial charge < -0.3 is 14.4 Å². The summed E-state index contributed by atoms with van der Waals surface area (Å²) in [7, 11) is 0. The Bertz CT molecular complexity index is 1190. The Kier molecular flexibility index (Phi) is 7.32. The molecule has 0 amide bonds. The maximum absolute atomic E-state index is 15.8. The first-order chi connectivity index (χ1) is 16.5. The summed E-state index contributed by atoms with van der Waals surface area (Å²) >= 11 is 0. The van der Waals surface area contributed by atoms with E-state index in [9.17, 15) is 5.26 Å². The fourth-order valence-corrected chi connectivity index (χ4v) is 4.25. The van der Waals surface area contributed by atoms with Crippen LogP contribution in [0, 0.1) is 17.1 Å². The van der Waals surface area contributed by atoms with E-state index in [1.54, 1.807) is 24.3 Å². The van der Waals surface area contributed by atoms with E-state index in [1.807, 2.05) is 43.9 Å². The second kappa shape index (κ2) is 10.6. The number of benzene rings is 2. The molecule has 0 atom stereocenters. The highest BCUT2D eigenvalue weighted by atomic mass is 19.1. The number of fused-ring (bicyclic) bond motifs is 1. The molecule has 5 nitrogen and oxygen atoms in total. The Morgan fingerprint density at radius 3 is 2.56 bits per heavy atom. The molecule has 6 heteroatoms. The van der Waals surface area contributed by atoms with E-state index in [0.29, 0.717) is 30.2 Å². The molecular formula is C28H30FN3O2. The van der Waals surface area contributed by atoms with Gasteiger partial charge in [0.05, 0.1) is 42.3 Å². The zero-order valence-electron chi connectivity index (χ0n) is 20.0. The van der Waals surface area contributed by atoms with E-state index in [-0.39, 0.29) is 11.9 Å². The third-order valence-electron chi connectivity index (χ3n) is 5.82. The van der Waals surface area contributed by atoms with Crippen molar-refractivity contribution in [3.8, 4) is 17.6 Å². The highest BCUT2D eigenvalue weighted by molar-refractivity contribution is 5.68. The van der Waals surface area contributed by atoms with E-state index in [1.165, 1.54) is 12.0 Å². The predicted molar refractivity (Wildman–Crippen MR) is 131 cm³/mol. The zero-order valence-corrected chi connectivity index (χ0v) is 20.0. The average Bonchev–Trinajstić information content (AvgIpc) is 2.84. The smallest absolute Gasteiger partial charge is 0.188 e. The summed E-state index contributed by atoms with van der Waals surface area (Å²) in [5.74, 6) is 0.221. The summed E-state index contributed by atoms with van der Waals surface area (Å²) < 4.78 is 27.3. The first-order valence-electron chi connectivity index (χ1n) is 11.9. The largest absolute Gasteiger partial charge is 0.494 e. The molecule has 0 bridgehead atoms. The molecule has 0 spiro atoms. The molecule has 0 fully saturated rings. The molecular weight excluding hydrogens is 429 g/mol. The molecule has 1 aliphatic carbocycles. The number of halogens is 1. The lowest BCUT2D eigenvalue weighted by atomic mass is 9.96. The van der Waals surface area contributed by atoms with Gasteiger partial charge in [-0.3, -0.25) is 4.98 Å². The van der Waals surface area contributed by atoms with Crippen molar-refractivity contribution in [1.82, 2.24) is 4.98 Å². The lowest BCUT2D eigenvalue weighted by Crippen LogP contribution is -2.20. The average molecular weight is 460 g/mol. The Hall–Kier alpha value is -3.59. The fraction of sp³-hybridized carbons (Fsp3) is 0.357. The normalized spacial score (nSPS) is 12.7. The predicted octanol–water partition coefficient (Wildman–Crippen LogP) is 6.50. The lowest BCUT2D eigenvalue weighted by Gasteiger charge is -2.27. The summed E-state index contributed by atoms with van der Waals surface area (Å²) in [5.41, 5.74) is 4.93. The molecule has 176 valence electrons. The van der Waals surface area contributed by atoms with Crippen LogP contribution in [0.5, 0.6) is 11.5 Å². The van der Waals surface area contributed by atoms with Crippen LogP contribution in [0.3, 0.4) is 0 Å². The zero-order chi connectivity index (χ0) is 24.1. The minimum absolute atomic E-state index is 0.146. The van der Waals surface area contributed by atoms with Crippen molar-refractivity contribution < 1.29 is 13.9 Å². The minimum atomic E-state index is -0.459. The summed E-state index contributed by atoms with van der Waals surface area (Å²) in [4.78, 5) is 6.78. The second-order valence-corrected chi connectivity index (χ2v) is 8.71. The maximum atomic E-state index is 15.8. The fourth-order valence-electron chi connectivity index (χ4n) is 4.25. The second-order valence-electron chi connectivity index (χ2n) is 8.71. The summed E-state index contributed by atoms with van der Waals surface area (Å²) in [5, 5.41) is 9.23. The van der Waals surface area contributed by atoms with Gasteiger partial charge in [-0.15, -0.1) is 0 Å². The Balaban J connectivity index is 1.80. The van der Waals surface area contributed by atoms with Crippen LogP contribution in [0.4, 0.5) is 15.8 Å². The highest BCUT2D eigenvalue weighted by Gasteiger charge is 2.22. The molecule has 0 radical (unpaired) electrons. The molecule has 4 rings (SSSR count). The van der Waals surface area contributed by atoms with Gasteiger partial charge in [0.15, 0.2) is 11.6 Å². The van der Waals surface area contributed by atoms with Crippen molar-refractivity contribution in [3.63, 3.8) is 0 Å². The molecule has 1 aromatic heterocycles. The van der Waals surface area contributed by atoms with Gasteiger partial charge in [-0.2, -0.15) is 5.26 Å². The number of pyridine rings is 1. The van der Waals surface area contributed by atoms with E-state index in [4.69, 9.17) is 14.5 Å². The molecule has 0 unspecified atom stereocenters. The maximum Gasteiger partial charge on any atom is 0.188 e. The molecule has 2 aromatic carbocycles. The van der Waals surface area contributed by atoms with Crippen molar-refractivity contribution in [1.29, 1.82) is 5.26 Å². The molecule has 0 saturated heterocycles. The lowest BCUT2D eigenvalue weighted by molar-refractivity contribution is 0.229. The third kappa shape index (κ3) is 5.31. The number of rotatable bonds is 8. The number of hydrogen-bond acceptors (Lipinski definition) is 5. The summed E-state index contributed by atoms with van der Waals surface area (Å²) in [6.45, 7) is 6.44. The van der Waals surface area contributed by atoms with Crippen LogP contribution in [0.1, 0.15) is 56.1 Å². The topological polar surface area (TPSA) is 58.4 Å². The van der Waals surface area contributed by atoms with Crippen LogP contribution < -0.4 is 14.4 Å². The Morgan fingerprint density at radius 1 is 1.09 bits per heavy atom. The summed E-state index contributed by atoms with van der Waals surface area (Å²) in [6.07, 6.45) is 4.18. The van der Waals surface area contributed by atoms with Gasteiger partial charge in [0.25, 0.3) is 0 Å². The first kappa shape index (κ1) is 23.6. The third-order valence-corrected chi connectivity index (χ3v) is 5.82. The van der Waals surface area contributed by atoms with Gasteiger partial charge in [-0.05, 0) is 82.3 Å². The molecule has 34 heavy (non-hydrogen) atoms. The number of ether oxygens (including phenoxy) is 2. The summed E-state index contributed by atoms with van der Waals surface area (Å²) in [6, 6.07) is 16.7. The number of nitrogens with zero attached hydrogens (tertiary/aromatic N) is 3. The van der Waals surface area contributed by atoms with Crippen molar-refractivity contribution in [2.75, 3.05) is 11.5 Å². The number of hydrogen-bond donors (Lipinski definition) is 0. The van der Waals surface area contributed by atoms with Crippen LogP contribution in [-0.4, -0.2) is 17.7 Å². The quantitative estimate of drug-likeness (QED) is 0.385. The molecule has 3 aromatic rings. The SMILES string of the molecule is CCOc1cc(OC(C)C)c(F)c(N(Cc2ccc3c(n2)CCCC3)c2ccc(C#N)cc2)c1. The molecule has 1 heterocycles. The van der Waals surface area contributed by atoms with Crippen LogP contribution in [0.15, 0.2) is 48.5 Å². The number of anilines is 2. The van der Waals surface area contributed by atoms with E-state index < -0.39 is 5.82 Å². The monoisotopic (exact) mass is 459 g/mol. The molecule has 1 aliphatic rings. The van der Waals surface area contributed by atoms with Crippen molar-refractivity contribution >= 4 is 11.4 Å². The number of aryl methyl sites for hydroxylation is 2. The first-order valence-corrected chi connectivity index (χ1v) is 11.9.